The van der Waals surface area contributed by atoms with Gasteiger partial charge < -0.3 is 10.1 Å². The molecule has 2 aromatic rings. The van der Waals surface area contributed by atoms with E-state index in [0.717, 1.165) is 23.7 Å². The molecule has 2 N–H and O–H groups in total. The van der Waals surface area contributed by atoms with E-state index in [0.29, 0.717) is 23.6 Å². The number of rotatable bonds is 8. The molecule has 0 aromatic heterocycles. The first-order valence-corrected chi connectivity index (χ1v) is 10.00. The third-order valence-electron chi connectivity index (χ3n) is 3.77. The van der Waals surface area contributed by atoms with Crippen molar-refractivity contribution < 1.29 is 13.9 Å². The number of carbonyl (C=O) groups is 1. The first-order valence-electron chi connectivity index (χ1n) is 8.80. The van der Waals surface area contributed by atoms with Crippen molar-refractivity contribution in [1.82, 2.24) is 5.32 Å². The molecule has 0 unspecified atom stereocenters. The molecular weight excluding hydrogens is 431 g/mol. The minimum Gasteiger partial charge on any atom is -0.493 e. The second-order valence-corrected chi connectivity index (χ2v) is 7.29. The average Bonchev–Trinajstić information content (AvgIpc) is 2.64. The van der Waals surface area contributed by atoms with Crippen molar-refractivity contribution in [3.05, 3.63) is 58.3 Å². The second kappa shape index (κ2) is 11.0. The Balaban J connectivity index is 1.98. The first kappa shape index (κ1) is 21.3. The maximum absolute atomic E-state index is 13.0. The lowest BCUT2D eigenvalue weighted by atomic mass is 10.2. The van der Waals surface area contributed by atoms with Crippen molar-refractivity contribution >= 4 is 44.9 Å². The van der Waals surface area contributed by atoms with Crippen LogP contribution in [0.2, 0.25) is 0 Å². The molecule has 2 aromatic carbocycles. The van der Waals surface area contributed by atoms with Gasteiger partial charge in [0.2, 0.25) is 0 Å². The van der Waals surface area contributed by atoms with Crippen molar-refractivity contribution in [2.75, 3.05) is 11.9 Å². The summed E-state index contributed by atoms with van der Waals surface area (Å²) in [6.07, 6.45) is 4.36. The lowest BCUT2D eigenvalue weighted by Gasteiger charge is -2.13. The first-order chi connectivity index (χ1) is 13.0. The average molecular weight is 453 g/mol. The zero-order valence-corrected chi connectivity index (χ0v) is 17.5. The molecular formula is C20H22BrFN2O2S. The Kier molecular flexibility index (Phi) is 8.67. The number of anilines is 1. The van der Waals surface area contributed by atoms with Crippen LogP contribution in [0.1, 0.15) is 43.0 Å². The summed E-state index contributed by atoms with van der Waals surface area (Å²) in [6, 6.07) is 11.0. The fourth-order valence-corrected chi connectivity index (χ4v) is 2.95. The number of hydrogen-bond donors (Lipinski definition) is 2. The third-order valence-corrected chi connectivity index (χ3v) is 4.47. The molecule has 0 aliphatic rings. The van der Waals surface area contributed by atoms with E-state index in [1.54, 1.807) is 12.1 Å². The summed E-state index contributed by atoms with van der Waals surface area (Å²) in [6.45, 7) is 2.71. The number of amides is 1. The van der Waals surface area contributed by atoms with Crippen LogP contribution < -0.4 is 15.4 Å². The highest BCUT2D eigenvalue weighted by atomic mass is 79.9. The van der Waals surface area contributed by atoms with E-state index in [2.05, 4.69) is 33.5 Å². The van der Waals surface area contributed by atoms with Crippen molar-refractivity contribution in [1.29, 1.82) is 0 Å². The largest absolute Gasteiger partial charge is 0.493 e. The zero-order chi connectivity index (χ0) is 19.6. The van der Waals surface area contributed by atoms with Gasteiger partial charge in [0.1, 0.15) is 11.6 Å². The summed E-state index contributed by atoms with van der Waals surface area (Å²) in [5.41, 5.74) is 0.978. The van der Waals surface area contributed by atoms with Gasteiger partial charge in [-0.05, 0) is 61.1 Å². The lowest BCUT2D eigenvalue weighted by molar-refractivity contribution is 0.0973. The Bertz CT molecular complexity index is 784. The fraction of sp³-hybridized carbons (Fsp3) is 0.300. The smallest absolute Gasteiger partial charge is 0.261 e. The molecule has 4 nitrogen and oxygen atoms in total. The monoisotopic (exact) mass is 452 g/mol. The van der Waals surface area contributed by atoms with Crippen LogP contribution in [0.4, 0.5) is 10.1 Å². The molecule has 7 heteroatoms. The number of ether oxygens (including phenoxy) is 1. The number of hydrogen-bond acceptors (Lipinski definition) is 3. The molecule has 0 saturated heterocycles. The quantitative estimate of drug-likeness (QED) is 0.399. The number of benzene rings is 2. The van der Waals surface area contributed by atoms with E-state index in [4.69, 9.17) is 17.0 Å². The molecule has 27 heavy (non-hydrogen) atoms. The van der Waals surface area contributed by atoms with Crippen LogP contribution in [0.3, 0.4) is 0 Å². The van der Waals surface area contributed by atoms with Gasteiger partial charge in [-0.3, -0.25) is 10.1 Å². The Morgan fingerprint density at radius 2 is 1.89 bits per heavy atom. The van der Waals surface area contributed by atoms with Gasteiger partial charge in [0.05, 0.1) is 12.2 Å². The normalized spacial score (nSPS) is 10.3. The molecule has 0 atom stereocenters. The Labute approximate surface area is 172 Å². The predicted octanol–water partition coefficient (Wildman–Crippen LogP) is 5.67. The van der Waals surface area contributed by atoms with Gasteiger partial charge in [-0.2, -0.15) is 0 Å². The second-order valence-electron chi connectivity index (χ2n) is 5.96. The van der Waals surface area contributed by atoms with Crippen molar-refractivity contribution in [3.8, 4) is 5.75 Å². The molecule has 144 valence electrons. The summed E-state index contributed by atoms with van der Waals surface area (Å²) in [7, 11) is 0. The van der Waals surface area contributed by atoms with Crippen LogP contribution in [-0.2, 0) is 0 Å². The van der Waals surface area contributed by atoms with E-state index < -0.39 is 0 Å². The number of halogens is 2. The summed E-state index contributed by atoms with van der Waals surface area (Å²) >= 11 is 8.54. The molecule has 2 rings (SSSR count). The summed E-state index contributed by atoms with van der Waals surface area (Å²) in [4.78, 5) is 12.6. The van der Waals surface area contributed by atoms with E-state index in [1.165, 1.54) is 30.7 Å². The highest BCUT2D eigenvalue weighted by molar-refractivity contribution is 9.10. The molecule has 0 heterocycles. The zero-order valence-electron chi connectivity index (χ0n) is 15.1. The summed E-state index contributed by atoms with van der Waals surface area (Å²) in [5.74, 6) is -0.207. The SMILES string of the molecule is CCCCCCOc1ccc(Br)cc1C(=O)NC(=S)Nc1ccc(F)cc1. The van der Waals surface area contributed by atoms with Crippen LogP contribution >= 0.6 is 28.1 Å². The summed E-state index contributed by atoms with van der Waals surface area (Å²) in [5, 5.41) is 5.60. The van der Waals surface area contributed by atoms with E-state index >= 15 is 0 Å². The molecule has 0 aliphatic carbocycles. The molecule has 0 radical (unpaired) electrons. The Morgan fingerprint density at radius 1 is 1.15 bits per heavy atom. The highest BCUT2D eigenvalue weighted by Gasteiger charge is 2.15. The Hall–Kier alpha value is -1.99. The number of nitrogens with one attached hydrogen (secondary N) is 2. The van der Waals surface area contributed by atoms with Gasteiger partial charge in [0.25, 0.3) is 5.91 Å². The molecule has 0 saturated carbocycles. The van der Waals surface area contributed by atoms with Crippen molar-refractivity contribution in [2.24, 2.45) is 0 Å². The topological polar surface area (TPSA) is 50.4 Å². The lowest BCUT2D eigenvalue weighted by Crippen LogP contribution is -2.34. The van der Waals surface area contributed by atoms with Gasteiger partial charge in [0.15, 0.2) is 5.11 Å². The number of carbonyl (C=O) groups excluding carboxylic acids is 1. The predicted molar refractivity (Wildman–Crippen MR) is 114 cm³/mol. The fourth-order valence-electron chi connectivity index (χ4n) is 2.38. The molecule has 1 amide bonds. The molecule has 0 aliphatic heterocycles. The van der Waals surface area contributed by atoms with Crippen LogP contribution in [0.5, 0.6) is 5.75 Å². The van der Waals surface area contributed by atoms with E-state index in [-0.39, 0.29) is 16.8 Å². The van der Waals surface area contributed by atoms with Crippen molar-refractivity contribution in [3.63, 3.8) is 0 Å². The minimum absolute atomic E-state index is 0.125. The van der Waals surface area contributed by atoms with E-state index in [9.17, 15) is 9.18 Å². The molecule has 0 fully saturated rings. The van der Waals surface area contributed by atoms with Gasteiger partial charge in [-0.25, -0.2) is 4.39 Å². The van der Waals surface area contributed by atoms with Gasteiger partial charge >= 0.3 is 0 Å². The standard InChI is InChI=1S/C20H22BrFN2O2S/c1-2-3-4-5-12-26-18-11-6-14(21)13-17(18)19(25)24-20(27)23-16-9-7-15(22)8-10-16/h6-11,13H,2-5,12H2,1H3,(H2,23,24,25,27). The highest BCUT2D eigenvalue weighted by Crippen LogP contribution is 2.24. The Morgan fingerprint density at radius 3 is 2.59 bits per heavy atom. The molecule has 0 spiro atoms. The number of thiocarbonyl (C=S) groups is 1. The van der Waals surface area contributed by atoms with Crippen LogP contribution in [0.15, 0.2) is 46.9 Å². The van der Waals surface area contributed by atoms with Crippen LogP contribution in [0.25, 0.3) is 0 Å². The maximum atomic E-state index is 13.0. The maximum Gasteiger partial charge on any atom is 0.261 e. The third kappa shape index (κ3) is 7.27. The number of unbranched alkanes of at least 4 members (excludes halogenated alkanes) is 3. The van der Waals surface area contributed by atoms with Gasteiger partial charge in [0, 0.05) is 10.2 Å². The summed E-state index contributed by atoms with van der Waals surface area (Å²) < 4.78 is 19.5. The van der Waals surface area contributed by atoms with Crippen LogP contribution in [-0.4, -0.2) is 17.6 Å². The van der Waals surface area contributed by atoms with Crippen molar-refractivity contribution in [2.45, 2.75) is 32.6 Å². The van der Waals surface area contributed by atoms with Crippen LogP contribution in [0, 0.1) is 5.82 Å². The van der Waals surface area contributed by atoms with Gasteiger partial charge in [-0.15, -0.1) is 0 Å². The van der Waals surface area contributed by atoms with E-state index in [1.807, 2.05) is 6.07 Å². The van der Waals surface area contributed by atoms with Gasteiger partial charge in [-0.1, -0.05) is 42.1 Å². The minimum atomic E-state index is -0.375. The molecule has 0 bridgehead atoms.